The molecule has 56 heavy (non-hydrogen) atoms. The van der Waals surface area contributed by atoms with Gasteiger partial charge in [-0.2, -0.15) is 0 Å². The van der Waals surface area contributed by atoms with Crippen LogP contribution in [-0.4, -0.2) is 139 Å². The monoisotopic (exact) mass is 796 g/mol. The van der Waals surface area contributed by atoms with Gasteiger partial charge in [0, 0.05) is 5.41 Å². The molecule has 9 N–H and O–H groups in total. The van der Waals surface area contributed by atoms with Crippen molar-refractivity contribution < 1.29 is 69.7 Å². The third-order valence-electron chi connectivity index (χ3n) is 17.4. The van der Waals surface area contributed by atoms with Gasteiger partial charge in [0.25, 0.3) is 0 Å². The average Bonchev–Trinajstić information content (AvgIpc) is 3.15. The summed E-state index contributed by atoms with van der Waals surface area (Å²) in [4.78, 5) is 13.1. The molecule has 2 aliphatic heterocycles. The predicted octanol–water partition coefficient (Wildman–Crippen LogP) is 1.85. The van der Waals surface area contributed by atoms with Crippen molar-refractivity contribution in [3.63, 3.8) is 0 Å². The Hall–Kier alpha value is -1.27. The molecule has 5 aliphatic carbocycles. The zero-order valence-corrected chi connectivity index (χ0v) is 33.9. The second-order valence-corrected chi connectivity index (χ2v) is 20.5. The van der Waals surface area contributed by atoms with Crippen LogP contribution in [0.3, 0.4) is 0 Å². The molecule has 0 amide bonds. The van der Waals surface area contributed by atoms with E-state index >= 15 is 0 Å². The molecule has 0 aromatic heterocycles. The van der Waals surface area contributed by atoms with E-state index < -0.39 is 97.5 Å². The Kier molecular flexibility index (Phi) is 11.3. The van der Waals surface area contributed by atoms with Crippen LogP contribution in [0.4, 0.5) is 0 Å². The second kappa shape index (κ2) is 14.7. The number of rotatable bonds is 8. The van der Waals surface area contributed by atoms with Gasteiger partial charge in [-0.3, -0.25) is 4.79 Å². The Morgan fingerprint density at radius 1 is 0.732 bits per heavy atom. The number of aliphatic carboxylic acids is 1. The smallest absolute Gasteiger partial charge is 0.310 e. The Morgan fingerprint density at radius 2 is 1.36 bits per heavy atom. The van der Waals surface area contributed by atoms with Crippen LogP contribution < -0.4 is 0 Å². The quantitative estimate of drug-likeness (QED) is 0.126. The highest BCUT2D eigenvalue weighted by Crippen LogP contribution is 2.76. The molecule has 0 aromatic rings. The summed E-state index contributed by atoms with van der Waals surface area (Å²) >= 11 is 0. The van der Waals surface area contributed by atoms with E-state index in [1.807, 2.05) is 6.92 Å². The van der Waals surface area contributed by atoms with Gasteiger partial charge in [-0.15, -0.1) is 0 Å². The number of carbonyl (C=O) groups is 1. The topological polar surface area (TPSA) is 236 Å². The Morgan fingerprint density at radius 3 is 1.98 bits per heavy atom. The number of allylic oxidation sites excluding steroid dienone is 2. The molecule has 0 bridgehead atoms. The van der Waals surface area contributed by atoms with Gasteiger partial charge in [0.1, 0.15) is 48.8 Å². The molecule has 0 unspecified atom stereocenters. The molecule has 0 aromatic carbocycles. The SMILES string of the molecule is CC1(C)CC[C@]2(C(=O)O)CC[C@]3(C)C(=CC[C@@H]4[C@@]5(C)CC[C@H](O[C@@H]6O[C@H](CO)[C@@H](O)[C@H](O[C@@H]7O[C@H](CO)[C@H](O)[C@H](O)[C@H]7O)[C@H]6O)[C@@](C)(CO)[C@@H]5CC[C@]43C)[C@@H]2C1. The van der Waals surface area contributed by atoms with Crippen molar-refractivity contribution in [3.8, 4) is 0 Å². The van der Waals surface area contributed by atoms with Gasteiger partial charge >= 0.3 is 5.97 Å². The van der Waals surface area contributed by atoms with E-state index in [1.165, 1.54) is 5.57 Å². The van der Waals surface area contributed by atoms with Gasteiger partial charge in [0.2, 0.25) is 0 Å². The highest BCUT2D eigenvalue weighted by Gasteiger charge is 2.70. The first kappa shape index (κ1) is 42.8. The molecule has 2 heterocycles. The molecule has 320 valence electrons. The Labute approximate surface area is 330 Å². The molecule has 2 saturated heterocycles. The van der Waals surface area contributed by atoms with Crippen LogP contribution in [0, 0.1) is 50.2 Å². The van der Waals surface area contributed by atoms with Gasteiger partial charge in [-0.25, -0.2) is 0 Å². The lowest BCUT2D eigenvalue weighted by Gasteiger charge is -2.71. The maximum atomic E-state index is 13.1. The van der Waals surface area contributed by atoms with Crippen molar-refractivity contribution in [2.75, 3.05) is 19.8 Å². The standard InChI is InChI=1S/C42H68O14/c1-37(2)13-15-42(36(51)52)16-14-40(5)21(22(42)17-37)7-8-26-38(3)11-10-27(39(4,20-45)25(38)9-12-41(26,40)6)55-35-32(50)33(29(47)24(19-44)54-35)56-34-31(49)30(48)28(46)23(18-43)53-34/h7,22-35,43-50H,8-20H2,1-6H3,(H,51,52)/t22-,23+,24+,25+,26+,27-,28-,29+,30-,31+,32+,33-,34-,35-,38-,39-,40+,41+,42-/m0/s1. The van der Waals surface area contributed by atoms with E-state index in [9.17, 15) is 50.8 Å². The minimum absolute atomic E-state index is 0.00865. The summed E-state index contributed by atoms with van der Waals surface area (Å²) in [6.07, 6.45) is -5.91. The Balaban J connectivity index is 1.13. The van der Waals surface area contributed by atoms with E-state index in [-0.39, 0.29) is 46.0 Å². The second-order valence-electron chi connectivity index (χ2n) is 20.5. The maximum absolute atomic E-state index is 13.1. The van der Waals surface area contributed by atoms with Gasteiger partial charge in [-0.1, -0.05) is 53.2 Å². The molecule has 4 saturated carbocycles. The summed E-state index contributed by atoms with van der Waals surface area (Å²) < 4.78 is 23.8. The molecular weight excluding hydrogens is 728 g/mol. The molecule has 14 nitrogen and oxygen atoms in total. The minimum Gasteiger partial charge on any atom is -0.481 e. The number of ether oxygens (including phenoxy) is 4. The fourth-order valence-corrected chi connectivity index (χ4v) is 13.7. The highest BCUT2D eigenvalue weighted by atomic mass is 16.7. The number of hydrogen-bond donors (Lipinski definition) is 9. The van der Waals surface area contributed by atoms with Crippen LogP contribution in [0.15, 0.2) is 11.6 Å². The largest absolute Gasteiger partial charge is 0.481 e. The average molecular weight is 797 g/mol. The first-order valence-electron chi connectivity index (χ1n) is 21.0. The summed E-state index contributed by atoms with van der Waals surface area (Å²) in [5, 5.41) is 95.7. The van der Waals surface area contributed by atoms with Crippen LogP contribution in [0.5, 0.6) is 0 Å². The van der Waals surface area contributed by atoms with Gasteiger partial charge in [0.15, 0.2) is 12.6 Å². The number of fused-ring (bicyclic) bond motifs is 7. The molecule has 7 aliphatic rings. The number of aliphatic hydroxyl groups excluding tert-OH is 8. The first-order chi connectivity index (χ1) is 26.2. The number of hydrogen-bond acceptors (Lipinski definition) is 13. The van der Waals surface area contributed by atoms with Crippen molar-refractivity contribution in [3.05, 3.63) is 11.6 Å². The molecule has 6 fully saturated rings. The van der Waals surface area contributed by atoms with Crippen LogP contribution in [0.2, 0.25) is 0 Å². The van der Waals surface area contributed by atoms with Gasteiger partial charge in [-0.05, 0) is 104 Å². The zero-order chi connectivity index (χ0) is 41.0. The van der Waals surface area contributed by atoms with Crippen LogP contribution in [0.25, 0.3) is 0 Å². The van der Waals surface area contributed by atoms with E-state index in [2.05, 4.69) is 40.7 Å². The molecule has 7 rings (SSSR count). The summed E-state index contributed by atoms with van der Waals surface area (Å²) in [6, 6.07) is 0. The van der Waals surface area contributed by atoms with E-state index in [4.69, 9.17) is 18.9 Å². The van der Waals surface area contributed by atoms with E-state index in [0.29, 0.717) is 19.3 Å². The van der Waals surface area contributed by atoms with Crippen LogP contribution in [-0.2, 0) is 23.7 Å². The van der Waals surface area contributed by atoms with Crippen molar-refractivity contribution in [2.24, 2.45) is 50.2 Å². The molecule has 14 heteroatoms. The third-order valence-corrected chi connectivity index (χ3v) is 17.4. The summed E-state index contributed by atoms with van der Waals surface area (Å²) in [7, 11) is 0. The van der Waals surface area contributed by atoms with Crippen molar-refractivity contribution in [1.29, 1.82) is 0 Å². The normalized spacial score (nSPS) is 54.1. The third kappa shape index (κ3) is 6.21. The van der Waals surface area contributed by atoms with E-state index in [1.54, 1.807) is 0 Å². The lowest BCUT2D eigenvalue weighted by Crippen LogP contribution is -2.67. The fraction of sp³-hybridized carbons (Fsp3) is 0.929. The predicted molar refractivity (Wildman–Crippen MR) is 199 cm³/mol. The summed E-state index contributed by atoms with van der Waals surface area (Å²) in [6.45, 7) is 12.2. The minimum atomic E-state index is -1.79. The first-order valence-corrected chi connectivity index (χ1v) is 21.0. The Bertz CT molecular complexity index is 1500. The van der Waals surface area contributed by atoms with Crippen LogP contribution in [0.1, 0.15) is 106 Å². The molecular formula is C42H68O14. The lowest BCUT2D eigenvalue weighted by molar-refractivity contribution is -0.370. The number of carboxylic acid groups (broad SMARTS) is 1. The zero-order valence-electron chi connectivity index (χ0n) is 33.9. The number of aliphatic hydroxyl groups is 8. The van der Waals surface area contributed by atoms with E-state index in [0.717, 1.165) is 44.9 Å². The van der Waals surface area contributed by atoms with Crippen molar-refractivity contribution >= 4 is 5.97 Å². The lowest BCUT2D eigenvalue weighted by atomic mass is 9.33. The summed E-state index contributed by atoms with van der Waals surface area (Å²) in [5.41, 5.74) is -0.535. The van der Waals surface area contributed by atoms with Crippen LogP contribution >= 0.6 is 0 Å². The maximum Gasteiger partial charge on any atom is 0.310 e. The molecule has 19 atom stereocenters. The summed E-state index contributed by atoms with van der Waals surface area (Å²) in [5.74, 6) is -0.356. The van der Waals surface area contributed by atoms with Crippen molar-refractivity contribution in [2.45, 2.75) is 173 Å². The van der Waals surface area contributed by atoms with Crippen molar-refractivity contribution in [1.82, 2.24) is 0 Å². The molecule has 0 spiro atoms. The highest BCUT2D eigenvalue weighted by molar-refractivity contribution is 5.76. The van der Waals surface area contributed by atoms with Gasteiger partial charge < -0.3 is 64.9 Å². The number of carboxylic acids is 1. The fourth-order valence-electron chi connectivity index (χ4n) is 13.7. The molecule has 0 radical (unpaired) electrons. The van der Waals surface area contributed by atoms with Gasteiger partial charge in [0.05, 0.1) is 31.3 Å².